The molecule has 0 saturated carbocycles. The van der Waals surface area contributed by atoms with Gasteiger partial charge < -0.3 is 20.1 Å². The molecule has 17 heavy (non-hydrogen) atoms. The largest absolute Gasteiger partial charge is 0.351 e. The summed E-state index contributed by atoms with van der Waals surface area (Å²) in [7, 11) is 0. The maximum atomic E-state index is 11.9. The molecule has 100 valence electrons. The predicted octanol–water partition coefficient (Wildman–Crippen LogP) is 0.500. The van der Waals surface area contributed by atoms with Gasteiger partial charge in [-0.3, -0.25) is 4.79 Å². The van der Waals surface area contributed by atoms with Gasteiger partial charge in [0.05, 0.1) is 12.6 Å². The van der Waals surface area contributed by atoms with Crippen LogP contribution in [0.25, 0.3) is 0 Å². The molecule has 1 rings (SSSR count). The molecule has 0 aliphatic carbocycles. The van der Waals surface area contributed by atoms with Crippen molar-refractivity contribution in [1.82, 2.24) is 10.6 Å². The Kier molecular flexibility index (Phi) is 6.47. The number of hydrogen-bond acceptors (Lipinski definition) is 4. The van der Waals surface area contributed by atoms with Crippen LogP contribution in [0.4, 0.5) is 0 Å². The van der Waals surface area contributed by atoms with Gasteiger partial charge >= 0.3 is 0 Å². The summed E-state index contributed by atoms with van der Waals surface area (Å²) in [5, 5.41) is 6.07. The second kappa shape index (κ2) is 7.63. The van der Waals surface area contributed by atoms with E-state index in [1.54, 1.807) is 0 Å². The first-order chi connectivity index (χ1) is 8.19. The van der Waals surface area contributed by atoms with Gasteiger partial charge in [-0.15, -0.1) is 0 Å². The lowest BCUT2D eigenvalue weighted by molar-refractivity contribution is -0.141. The number of rotatable bonds is 7. The molecule has 0 bridgehead atoms. The SMILES string of the molecule is CCOC(CNC(=O)C1NCCC1C)OCC. The van der Waals surface area contributed by atoms with Crippen molar-refractivity contribution in [3.8, 4) is 0 Å². The van der Waals surface area contributed by atoms with Crippen molar-refractivity contribution in [2.45, 2.75) is 39.5 Å². The van der Waals surface area contributed by atoms with E-state index in [2.05, 4.69) is 17.6 Å². The Balaban J connectivity index is 2.29. The summed E-state index contributed by atoms with van der Waals surface area (Å²) >= 11 is 0. The summed E-state index contributed by atoms with van der Waals surface area (Å²) in [4.78, 5) is 11.9. The lowest BCUT2D eigenvalue weighted by Crippen LogP contribution is -2.46. The molecule has 0 radical (unpaired) electrons. The molecule has 5 heteroatoms. The van der Waals surface area contributed by atoms with Gasteiger partial charge in [-0.05, 0) is 32.7 Å². The van der Waals surface area contributed by atoms with Crippen LogP contribution in [-0.4, -0.2) is 44.5 Å². The Labute approximate surface area is 103 Å². The first-order valence-corrected chi connectivity index (χ1v) is 6.43. The van der Waals surface area contributed by atoms with Crippen LogP contribution in [0, 0.1) is 5.92 Å². The molecule has 1 amide bonds. The number of nitrogens with one attached hydrogen (secondary N) is 2. The van der Waals surface area contributed by atoms with Crippen LogP contribution in [0.15, 0.2) is 0 Å². The van der Waals surface area contributed by atoms with E-state index in [0.29, 0.717) is 25.7 Å². The van der Waals surface area contributed by atoms with Gasteiger partial charge in [-0.2, -0.15) is 0 Å². The molecule has 0 aromatic heterocycles. The van der Waals surface area contributed by atoms with Crippen molar-refractivity contribution >= 4 is 5.91 Å². The molecule has 1 aliphatic rings. The minimum Gasteiger partial charge on any atom is -0.351 e. The van der Waals surface area contributed by atoms with Gasteiger partial charge in [0, 0.05) is 13.2 Å². The number of amides is 1. The molecular formula is C12H24N2O3. The number of carbonyl (C=O) groups is 1. The predicted molar refractivity (Wildman–Crippen MR) is 65.6 cm³/mol. The second-order valence-corrected chi connectivity index (χ2v) is 4.28. The van der Waals surface area contributed by atoms with E-state index in [1.165, 1.54) is 0 Å². The van der Waals surface area contributed by atoms with Crippen molar-refractivity contribution in [2.75, 3.05) is 26.3 Å². The quantitative estimate of drug-likeness (QED) is 0.640. The Bertz CT molecular complexity index is 230. The number of hydrogen-bond donors (Lipinski definition) is 2. The highest BCUT2D eigenvalue weighted by atomic mass is 16.7. The van der Waals surface area contributed by atoms with Crippen LogP contribution < -0.4 is 10.6 Å². The van der Waals surface area contributed by atoms with E-state index in [0.717, 1.165) is 13.0 Å². The van der Waals surface area contributed by atoms with Crippen molar-refractivity contribution in [2.24, 2.45) is 5.92 Å². The van der Waals surface area contributed by atoms with E-state index >= 15 is 0 Å². The zero-order valence-corrected chi connectivity index (χ0v) is 11.0. The Morgan fingerprint density at radius 3 is 2.53 bits per heavy atom. The topological polar surface area (TPSA) is 59.6 Å². The highest BCUT2D eigenvalue weighted by molar-refractivity contribution is 5.82. The zero-order chi connectivity index (χ0) is 12.7. The van der Waals surface area contributed by atoms with Gasteiger partial charge in [-0.1, -0.05) is 6.92 Å². The van der Waals surface area contributed by atoms with E-state index in [4.69, 9.17) is 9.47 Å². The van der Waals surface area contributed by atoms with Crippen LogP contribution in [0.3, 0.4) is 0 Å². The molecule has 0 aromatic carbocycles. The monoisotopic (exact) mass is 244 g/mol. The minimum atomic E-state index is -0.342. The molecule has 2 unspecified atom stereocenters. The number of carbonyl (C=O) groups excluding carboxylic acids is 1. The number of ether oxygens (including phenoxy) is 2. The molecule has 2 atom stereocenters. The fourth-order valence-corrected chi connectivity index (χ4v) is 2.02. The van der Waals surface area contributed by atoms with E-state index in [-0.39, 0.29) is 18.2 Å². The second-order valence-electron chi connectivity index (χ2n) is 4.28. The van der Waals surface area contributed by atoms with E-state index < -0.39 is 0 Å². The smallest absolute Gasteiger partial charge is 0.237 e. The van der Waals surface area contributed by atoms with Crippen LogP contribution in [-0.2, 0) is 14.3 Å². The summed E-state index contributed by atoms with van der Waals surface area (Å²) in [5.41, 5.74) is 0. The fourth-order valence-electron chi connectivity index (χ4n) is 2.02. The third kappa shape index (κ3) is 4.61. The zero-order valence-electron chi connectivity index (χ0n) is 11.0. The Morgan fingerprint density at radius 1 is 1.41 bits per heavy atom. The lowest BCUT2D eigenvalue weighted by atomic mass is 10.0. The van der Waals surface area contributed by atoms with Crippen LogP contribution in [0.1, 0.15) is 27.2 Å². The van der Waals surface area contributed by atoms with E-state index in [9.17, 15) is 4.79 Å². The molecule has 1 fully saturated rings. The van der Waals surface area contributed by atoms with Crippen LogP contribution in [0.2, 0.25) is 0 Å². The average Bonchev–Trinajstić information content (AvgIpc) is 2.72. The third-order valence-electron chi connectivity index (χ3n) is 2.96. The standard InChI is InChI=1S/C12H24N2O3/c1-4-16-10(17-5-2)8-14-12(15)11-9(3)6-7-13-11/h9-11,13H,4-8H2,1-3H3,(H,14,15). The summed E-state index contributed by atoms with van der Waals surface area (Å²) in [6, 6.07) is -0.0705. The maximum absolute atomic E-state index is 11.9. The van der Waals surface area contributed by atoms with Crippen molar-refractivity contribution in [1.29, 1.82) is 0 Å². The van der Waals surface area contributed by atoms with Crippen molar-refractivity contribution in [3.63, 3.8) is 0 Å². The van der Waals surface area contributed by atoms with Crippen molar-refractivity contribution in [3.05, 3.63) is 0 Å². The highest BCUT2D eigenvalue weighted by Gasteiger charge is 2.29. The highest BCUT2D eigenvalue weighted by Crippen LogP contribution is 2.14. The van der Waals surface area contributed by atoms with Crippen LogP contribution in [0.5, 0.6) is 0 Å². The van der Waals surface area contributed by atoms with Gasteiger partial charge in [0.2, 0.25) is 5.91 Å². The summed E-state index contributed by atoms with van der Waals surface area (Å²) in [5.74, 6) is 0.437. The Hall–Kier alpha value is -0.650. The van der Waals surface area contributed by atoms with Gasteiger partial charge in [0.25, 0.3) is 0 Å². The summed E-state index contributed by atoms with van der Waals surface area (Å²) in [6.07, 6.45) is 0.712. The molecular weight excluding hydrogens is 220 g/mol. The molecule has 1 aliphatic heterocycles. The molecule has 1 saturated heterocycles. The molecule has 0 spiro atoms. The van der Waals surface area contributed by atoms with Gasteiger partial charge in [0.1, 0.15) is 0 Å². The molecule has 5 nitrogen and oxygen atoms in total. The lowest BCUT2D eigenvalue weighted by Gasteiger charge is -2.20. The normalized spacial score (nSPS) is 24.2. The summed E-state index contributed by atoms with van der Waals surface area (Å²) < 4.78 is 10.7. The third-order valence-corrected chi connectivity index (χ3v) is 2.96. The van der Waals surface area contributed by atoms with Crippen molar-refractivity contribution < 1.29 is 14.3 Å². The molecule has 1 heterocycles. The van der Waals surface area contributed by atoms with Crippen LogP contribution >= 0.6 is 0 Å². The molecule has 2 N–H and O–H groups in total. The van der Waals surface area contributed by atoms with Gasteiger partial charge in [-0.25, -0.2) is 0 Å². The minimum absolute atomic E-state index is 0.0411. The van der Waals surface area contributed by atoms with E-state index in [1.807, 2.05) is 13.8 Å². The van der Waals surface area contributed by atoms with Gasteiger partial charge in [0.15, 0.2) is 6.29 Å². The Morgan fingerprint density at radius 2 is 2.06 bits per heavy atom. The fraction of sp³-hybridized carbons (Fsp3) is 0.917. The maximum Gasteiger partial charge on any atom is 0.237 e. The first kappa shape index (κ1) is 14.4. The summed E-state index contributed by atoms with van der Waals surface area (Å²) in [6.45, 7) is 8.40. The molecule has 0 aromatic rings. The first-order valence-electron chi connectivity index (χ1n) is 6.43. The average molecular weight is 244 g/mol.